The van der Waals surface area contributed by atoms with Gasteiger partial charge in [-0.05, 0) is 43.5 Å². The van der Waals surface area contributed by atoms with E-state index < -0.39 is 10.0 Å². The molecule has 1 saturated heterocycles. The Balaban J connectivity index is 1.69. The van der Waals surface area contributed by atoms with Crippen molar-refractivity contribution in [3.05, 3.63) is 54.0 Å². The van der Waals surface area contributed by atoms with E-state index in [-0.39, 0.29) is 5.92 Å². The number of rotatable bonds is 3. The van der Waals surface area contributed by atoms with E-state index >= 15 is 0 Å². The van der Waals surface area contributed by atoms with Gasteiger partial charge in [-0.2, -0.15) is 0 Å². The van der Waals surface area contributed by atoms with Crippen LogP contribution in [0.4, 0.5) is 0 Å². The van der Waals surface area contributed by atoms with Crippen molar-refractivity contribution in [1.82, 2.24) is 18.7 Å². The molecule has 4 heterocycles. The molecule has 0 unspecified atom stereocenters. The molecule has 3 aromatic rings. The van der Waals surface area contributed by atoms with Crippen molar-refractivity contribution >= 4 is 15.7 Å². The quantitative estimate of drug-likeness (QED) is 0.711. The Morgan fingerprint density at radius 2 is 2.04 bits per heavy atom. The summed E-state index contributed by atoms with van der Waals surface area (Å²) in [6.45, 7) is 3.15. The molecule has 1 aliphatic rings. The summed E-state index contributed by atoms with van der Waals surface area (Å²) in [6, 6.07) is 10.00. The lowest BCUT2D eigenvalue weighted by molar-refractivity contribution is 0.314. The Morgan fingerprint density at radius 1 is 1.19 bits per heavy atom. The highest BCUT2D eigenvalue weighted by atomic mass is 32.2. The first-order chi connectivity index (χ1) is 12.4. The molecular formula is C19H22N4O2S. The van der Waals surface area contributed by atoms with Gasteiger partial charge < -0.3 is 0 Å². The van der Waals surface area contributed by atoms with Gasteiger partial charge in [0.2, 0.25) is 10.0 Å². The maximum Gasteiger partial charge on any atom is 0.211 e. The minimum absolute atomic E-state index is 0.124. The molecule has 0 aromatic carbocycles. The first kappa shape index (κ1) is 17.2. The van der Waals surface area contributed by atoms with Gasteiger partial charge in [-0.15, -0.1) is 0 Å². The van der Waals surface area contributed by atoms with Gasteiger partial charge in [0, 0.05) is 30.9 Å². The van der Waals surface area contributed by atoms with Crippen molar-refractivity contribution in [1.29, 1.82) is 0 Å². The van der Waals surface area contributed by atoms with Gasteiger partial charge in [-0.3, -0.25) is 9.38 Å². The number of aromatic nitrogens is 3. The van der Waals surface area contributed by atoms with Crippen molar-refractivity contribution in [2.45, 2.75) is 25.7 Å². The maximum absolute atomic E-state index is 11.9. The predicted molar refractivity (Wildman–Crippen MR) is 102 cm³/mol. The Labute approximate surface area is 153 Å². The van der Waals surface area contributed by atoms with Gasteiger partial charge in [0.05, 0.1) is 23.8 Å². The fourth-order valence-electron chi connectivity index (χ4n) is 3.58. The van der Waals surface area contributed by atoms with Gasteiger partial charge in [0.1, 0.15) is 5.65 Å². The molecule has 0 saturated carbocycles. The van der Waals surface area contributed by atoms with Crippen molar-refractivity contribution in [2.75, 3.05) is 19.3 Å². The van der Waals surface area contributed by atoms with Crippen LogP contribution >= 0.6 is 0 Å². The average Bonchev–Trinajstić information content (AvgIpc) is 3.04. The van der Waals surface area contributed by atoms with Gasteiger partial charge in [-0.25, -0.2) is 17.7 Å². The molecule has 0 N–H and O–H groups in total. The first-order valence-electron chi connectivity index (χ1n) is 8.78. The first-order valence-corrected chi connectivity index (χ1v) is 10.6. The van der Waals surface area contributed by atoms with E-state index in [2.05, 4.69) is 18.1 Å². The fraction of sp³-hybridized carbons (Fsp3) is 0.368. The van der Waals surface area contributed by atoms with Crippen molar-refractivity contribution in [3.8, 4) is 11.4 Å². The third-order valence-corrected chi connectivity index (χ3v) is 6.23. The minimum atomic E-state index is -3.16. The highest BCUT2D eigenvalue weighted by Crippen LogP contribution is 2.29. The molecule has 0 radical (unpaired) electrons. The smallest absolute Gasteiger partial charge is 0.211 e. The van der Waals surface area contributed by atoms with E-state index in [4.69, 9.17) is 4.98 Å². The highest BCUT2D eigenvalue weighted by molar-refractivity contribution is 7.88. The molecule has 136 valence electrons. The number of fused-ring (bicyclic) bond motifs is 1. The number of nitrogens with zero attached hydrogens (tertiary/aromatic N) is 4. The summed E-state index contributed by atoms with van der Waals surface area (Å²) in [6.07, 6.45) is 6.98. The molecule has 7 heteroatoms. The van der Waals surface area contributed by atoms with Crippen LogP contribution in [0.1, 0.15) is 30.0 Å². The number of sulfonamides is 1. The maximum atomic E-state index is 11.9. The van der Waals surface area contributed by atoms with E-state index in [0.717, 1.165) is 41.1 Å². The number of imidazole rings is 1. The minimum Gasteiger partial charge on any atom is -0.298 e. The second-order valence-corrected chi connectivity index (χ2v) is 8.97. The third-order valence-electron chi connectivity index (χ3n) is 4.96. The van der Waals surface area contributed by atoms with Crippen LogP contribution in [0, 0.1) is 6.92 Å². The summed E-state index contributed by atoms with van der Waals surface area (Å²) in [5.41, 5.74) is 4.79. The second-order valence-electron chi connectivity index (χ2n) is 6.99. The number of aryl methyl sites for hydroxylation is 1. The summed E-state index contributed by atoms with van der Waals surface area (Å²) in [7, 11) is -3.16. The second kappa shape index (κ2) is 6.48. The zero-order valence-corrected chi connectivity index (χ0v) is 15.8. The van der Waals surface area contributed by atoms with Crippen molar-refractivity contribution in [2.24, 2.45) is 0 Å². The predicted octanol–water partition coefficient (Wildman–Crippen LogP) is 2.84. The summed E-state index contributed by atoms with van der Waals surface area (Å²) in [5.74, 6) is 0.124. The summed E-state index contributed by atoms with van der Waals surface area (Å²) < 4.78 is 27.4. The molecule has 3 aromatic heterocycles. The van der Waals surface area contributed by atoms with Crippen LogP contribution in [0.15, 0.2) is 42.7 Å². The van der Waals surface area contributed by atoms with Crippen LogP contribution in [-0.4, -0.2) is 46.4 Å². The van der Waals surface area contributed by atoms with E-state index in [1.807, 2.05) is 40.9 Å². The number of hydrogen-bond donors (Lipinski definition) is 0. The van der Waals surface area contributed by atoms with Gasteiger partial charge in [0.15, 0.2) is 0 Å². The standard InChI is InChI=1S/C19H22N4O2S/c1-14-8-9-19-20-11-18(23(19)12-14)17-7-3-6-16(21-17)15-5-4-10-22(13-15)26(2,24)25/h3,6-9,11-12,15H,4-5,10,13H2,1-2H3/t15-/m0/s1. The van der Waals surface area contributed by atoms with E-state index in [0.29, 0.717) is 13.1 Å². The Hall–Kier alpha value is -2.25. The van der Waals surface area contributed by atoms with Crippen LogP contribution in [0.25, 0.3) is 17.0 Å². The average molecular weight is 370 g/mol. The van der Waals surface area contributed by atoms with Crippen LogP contribution in [0.5, 0.6) is 0 Å². The van der Waals surface area contributed by atoms with Crippen LogP contribution in [0.2, 0.25) is 0 Å². The molecule has 1 aliphatic heterocycles. The van der Waals surface area contributed by atoms with Gasteiger partial charge in [0.25, 0.3) is 0 Å². The molecular weight excluding hydrogens is 348 g/mol. The zero-order valence-electron chi connectivity index (χ0n) is 15.0. The topological polar surface area (TPSA) is 67.6 Å². The Kier molecular flexibility index (Phi) is 4.28. The fourth-order valence-corrected chi connectivity index (χ4v) is 4.49. The van der Waals surface area contributed by atoms with Crippen LogP contribution < -0.4 is 0 Å². The lowest BCUT2D eigenvalue weighted by Gasteiger charge is -2.30. The number of pyridine rings is 2. The molecule has 26 heavy (non-hydrogen) atoms. The Bertz CT molecular complexity index is 1060. The molecule has 0 bridgehead atoms. The van der Waals surface area contributed by atoms with E-state index in [1.165, 1.54) is 6.26 Å². The van der Waals surface area contributed by atoms with Crippen molar-refractivity contribution < 1.29 is 8.42 Å². The largest absolute Gasteiger partial charge is 0.298 e. The molecule has 6 nitrogen and oxygen atoms in total. The lowest BCUT2D eigenvalue weighted by Crippen LogP contribution is -2.38. The van der Waals surface area contributed by atoms with E-state index in [9.17, 15) is 8.42 Å². The summed E-state index contributed by atoms with van der Waals surface area (Å²) in [4.78, 5) is 9.31. The van der Waals surface area contributed by atoms with Gasteiger partial charge in [-0.1, -0.05) is 12.1 Å². The molecule has 0 aliphatic carbocycles. The normalized spacial score (nSPS) is 19.1. The molecule has 1 atom stereocenters. The highest BCUT2D eigenvalue weighted by Gasteiger charge is 2.27. The summed E-state index contributed by atoms with van der Waals surface area (Å²) >= 11 is 0. The SMILES string of the molecule is Cc1ccc2ncc(-c3cccc([C@H]4CCCN(S(C)(=O)=O)C4)n3)n2c1. The zero-order chi connectivity index (χ0) is 18.3. The van der Waals surface area contributed by atoms with Crippen molar-refractivity contribution in [3.63, 3.8) is 0 Å². The van der Waals surface area contributed by atoms with E-state index in [1.54, 1.807) is 4.31 Å². The monoisotopic (exact) mass is 370 g/mol. The molecule has 0 spiro atoms. The number of piperidine rings is 1. The van der Waals surface area contributed by atoms with Crippen LogP contribution in [0.3, 0.4) is 0 Å². The summed E-state index contributed by atoms with van der Waals surface area (Å²) in [5, 5.41) is 0. The van der Waals surface area contributed by atoms with Crippen LogP contribution in [-0.2, 0) is 10.0 Å². The van der Waals surface area contributed by atoms with Gasteiger partial charge >= 0.3 is 0 Å². The lowest BCUT2D eigenvalue weighted by atomic mass is 9.95. The third kappa shape index (κ3) is 3.24. The molecule has 1 fully saturated rings. The molecule has 4 rings (SSSR count). The molecule has 0 amide bonds. The Morgan fingerprint density at radius 3 is 2.85 bits per heavy atom. The number of hydrogen-bond acceptors (Lipinski definition) is 4.